The fraction of sp³-hybridized carbons (Fsp3) is 0.750. The SMILES string of the molecule is CCCCC[CH]CC=O. The Labute approximate surface area is 57.5 Å². The Morgan fingerprint density at radius 1 is 1.33 bits per heavy atom. The highest BCUT2D eigenvalue weighted by atomic mass is 16.1. The first-order chi connectivity index (χ1) is 4.41. The zero-order valence-corrected chi connectivity index (χ0v) is 6.10. The zero-order valence-electron chi connectivity index (χ0n) is 6.10. The van der Waals surface area contributed by atoms with Gasteiger partial charge < -0.3 is 4.79 Å². The molecule has 0 rings (SSSR count). The lowest BCUT2D eigenvalue weighted by Gasteiger charge is -1.93. The molecular formula is C8H15O. The van der Waals surface area contributed by atoms with Crippen LogP contribution < -0.4 is 0 Å². The van der Waals surface area contributed by atoms with Crippen molar-refractivity contribution in [1.29, 1.82) is 0 Å². The van der Waals surface area contributed by atoms with Crippen molar-refractivity contribution in [2.24, 2.45) is 0 Å². The van der Waals surface area contributed by atoms with Crippen LogP contribution in [0, 0.1) is 6.42 Å². The topological polar surface area (TPSA) is 17.1 Å². The Morgan fingerprint density at radius 3 is 2.67 bits per heavy atom. The van der Waals surface area contributed by atoms with Crippen molar-refractivity contribution in [3.05, 3.63) is 6.42 Å². The third-order valence-corrected chi connectivity index (χ3v) is 1.27. The van der Waals surface area contributed by atoms with Gasteiger partial charge in [0.1, 0.15) is 6.29 Å². The first-order valence-electron chi connectivity index (χ1n) is 3.67. The molecule has 0 atom stereocenters. The molecule has 0 bridgehead atoms. The number of hydrogen-bond donors (Lipinski definition) is 0. The van der Waals surface area contributed by atoms with Crippen molar-refractivity contribution >= 4 is 6.29 Å². The van der Waals surface area contributed by atoms with Crippen LogP contribution in [0.2, 0.25) is 0 Å². The van der Waals surface area contributed by atoms with Crippen molar-refractivity contribution in [3.8, 4) is 0 Å². The van der Waals surface area contributed by atoms with Crippen LogP contribution in [0.15, 0.2) is 0 Å². The number of rotatable bonds is 6. The summed E-state index contributed by atoms with van der Waals surface area (Å²) in [5.74, 6) is 0. The highest BCUT2D eigenvalue weighted by Crippen LogP contribution is 2.01. The molecule has 1 heteroatoms. The van der Waals surface area contributed by atoms with Crippen LogP contribution in [0.25, 0.3) is 0 Å². The van der Waals surface area contributed by atoms with Crippen molar-refractivity contribution < 1.29 is 4.79 Å². The van der Waals surface area contributed by atoms with Gasteiger partial charge in [0.05, 0.1) is 0 Å². The molecule has 0 aliphatic heterocycles. The van der Waals surface area contributed by atoms with E-state index in [1.807, 2.05) is 6.42 Å². The van der Waals surface area contributed by atoms with Gasteiger partial charge in [-0.1, -0.05) is 26.2 Å². The van der Waals surface area contributed by atoms with Gasteiger partial charge in [-0.2, -0.15) is 0 Å². The number of hydrogen-bond acceptors (Lipinski definition) is 1. The molecule has 0 unspecified atom stereocenters. The van der Waals surface area contributed by atoms with Crippen molar-refractivity contribution in [2.75, 3.05) is 0 Å². The van der Waals surface area contributed by atoms with E-state index in [1.54, 1.807) is 0 Å². The molecule has 0 aromatic heterocycles. The van der Waals surface area contributed by atoms with Crippen LogP contribution in [0.4, 0.5) is 0 Å². The summed E-state index contributed by atoms with van der Waals surface area (Å²) >= 11 is 0. The van der Waals surface area contributed by atoms with Gasteiger partial charge in [0.25, 0.3) is 0 Å². The van der Waals surface area contributed by atoms with E-state index in [-0.39, 0.29) is 0 Å². The standard InChI is InChI=1S/C8H15O/c1-2-3-4-5-6-7-8-9/h6,8H,2-5,7H2,1H3. The normalized spacial score (nSPS) is 9.44. The van der Waals surface area contributed by atoms with Gasteiger partial charge in [0.2, 0.25) is 0 Å². The Morgan fingerprint density at radius 2 is 2.11 bits per heavy atom. The molecule has 0 saturated heterocycles. The summed E-state index contributed by atoms with van der Waals surface area (Å²) < 4.78 is 0. The lowest BCUT2D eigenvalue weighted by Crippen LogP contribution is -1.79. The molecule has 0 heterocycles. The lowest BCUT2D eigenvalue weighted by molar-refractivity contribution is -0.107. The second-order valence-corrected chi connectivity index (χ2v) is 2.19. The second-order valence-electron chi connectivity index (χ2n) is 2.19. The molecule has 53 valence electrons. The van der Waals surface area contributed by atoms with E-state index in [9.17, 15) is 4.79 Å². The summed E-state index contributed by atoms with van der Waals surface area (Å²) in [5, 5.41) is 0. The lowest BCUT2D eigenvalue weighted by atomic mass is 10.1. The largest absolute Gasteiger partial charge is 0.303 e. The Balaban J connectivity index is 2.66. The number of aldehydes is 1. The van der Waals surface area contributed by atoms with E-state index in [4.69, 9.17) is 0 Å². The minimum atomic E-state index is 0.629. The van der Waals surface area contributed by atoms with E-state index >= 15 is 0 Å². The van der Waals surface area contributed by atoms with E-state index in [0.29, 0.717) is 6.42 Å². The summed E-state index contributed by atoms with van der Waals surface area (Å²) in [5.41, 5.74) is 0. The van der Waals surface area contributed by atoms with Crippen molar-refractivity contribution in [1.82, 2.24) is 0 Å². The van der Waals surface area contributed by atoms with E-state index in [0.717, 1.165) is 12.7 Å². The molecule has 0 spiro atoms. The van der Waals surface area contributed by atoms with Gasteiger partial charge in [0, 0.05) is 6.42 Å². The quantitative estimate of drug-likeness (QED) is 0.395. The minimum Gasteiger partial charge on any atom is -0.303 e. The zero-order chi connectivity index (χ0) is 6.95. The van der Waals surface area contributed by atoms with Crippen molar-refractivity contribution in [2.45, 2.75) is 39.0 Å². The van der Waals surface area contributed by atoms with Crippen LogP contribution in [-0.4, -0.2) is 6.29 Å². The van der Waals surface area contributed by atoms with Gasteiger partial charge in [-0.3, -0.25) is 0 Å². The molecule has 0 saturated carbocycles. The molecule has 1 radical (unpaired) electrons. The first-order valence-corrected chi connectivity index (χ1v) is 3.67. The maximum atomic E-state index is 9.81. The number of carbonyl (C=O) groups is 1. The van der Waals surface area contributed by atoms with Gasteiger partial charge in [-0.05, 0) is 12.8 Å². The molecule has 0 aliphatic rings. The van der Waals surface area contributed by atoms with Crippen LogP contribution >= 0.6 is 0 Å². The maximum Gasteiger partial charge on any atom is 0.120 e. The van der Waals surface area contributed by atoms with Crippen LogP contribution in [0.1, 0.15) is 39.0 Å². The van der Waals surface area contributed by atoms with Crippen molar-refractivity contribution in [3.63, 3.8) is 0 Å². The number of unbranched alkanes of at least 4 members (excludes halogenated alkanes) is 5. The van der Waals surface area contributed by atoms with Crippen LogP contribution in [0.5, 0.6) is 0 Å². The van der Waals surface area contributed by atoms with Crippen LogP contribution in [0.3, 0.4) is 0 Å². The third-order valence-electron chi connectivity index (χ3n) is 1.27. The molecule has 0 N–H and O–H groups in total. The molecule has 0 aromatic carbocycles. The predicted octanol–water partition coefficient (Wildman–Crippen LogP) is 2.36. The van der Waals surface area contributed by atoms with E-state index < -0.39 is 0 Å². The van der Waals surface area contributed by atoms with E-state index in [1.165, 1.54) is 19.3 Å². The summed E-state index contributed by atoms with van der Waals surface area (Å²) in [6.45, 7) is 2.18. The molecule has 0 aromatic rings. The van der Waals surface area contributed by atoms with Gasteiger partial charge >= 0.3 is 0 Å². The highest BCUT2D eigenvalue weighted by Gasteiger charge is 1.86. The average Bonchev–Trinajstić information content (AvgIpc) is 1.89. The Bertz CT molecular complexity index is 59.6. The Kier molecular flexibility index (Phi) is 7.39. The fourth-order valence-corrected chi connectivity index (χ4v) is 0.725. The molecule has 9 heavy (non-hydrogen) atoms. The third kappa shape index (κ3) is 7.67. The minimum absolute atomic E-state index is 0.629. The molecule has 0 amide bonds. The molecule has 0 fully saturated rings. The average molecular weight is 127 g/mol. The number of carbonyl (C=O) groups excluding carboxylic acids is 1. The summed E-state index contributed by atoms with van der Waals surface area (Å²) in [4.78, 5) is 9.81. The predicted molar refractivity (Wildman–Crippen MR) is 39.1 cm³/mol. The van der Waals surface area contributed by atoms with Gasteiger partial charge in [0.15, 0.2) is 0 Å². The summed E-state index contributed by atoms with van der Waals surface area (Å²) in [6, 6.07) is 0. The Hall–Kier alpha value is -0.330. The molecule has 0 aliphatic carbocycles. The molecular weight excluding hydrogens is 112 g/mol. The van der Waals surface area contributed by atoms with Gasteiger partial charge in [-0.25, -0.2) is 0 Å². The summed E-state index contributed by atoms with van der Waals surface area (Å²) in [7, 11) is 0. The highest BCUT2D eigenvalue weighted by molar-refractivity contribution is 5.50. The fourth-order valence-electron chi connectivity index (χ4n) is 0.725. The smallest absolute Gasteiger partial charge is 0.120 e. The van der Waals surface area contributed by atoms with Gasteiger partial charge in [-0.15, -0.1) is 0 Å². The summed E-state index contributed by atoms with van der Waals surface area (Å²) in [6.07, 6.45) is 8.51. The van der Waals surface area contributed by atoms with E-state index in [2.05, 4.69) is 6.92 Å². The second kappa shape index (κ2) is 7.67. The first kappa shape index (κ1) is 8.67. The monoisotopic (exact) mass is 127 g/mol. The van der Waals surface area contributed by atoms with Crippen LogP contribution in [-0.2, 0) is 4.79 Å². The molecule has 1 nitrogen and oxygen atoms in total. The maximum absolute atomic E-state index is 9.81.